The molecule has 3 rings (SSSR count). The molecule has 1 fully saturated rings. The molecule has 1 aromatic carbocycles. The second kappa shape index (κ2) is 4.94. The molecule has 0 amide bonds. The lowest BCUT2D eigenvalue weighted by Gasteiger charge is -2.16. The first-order chi connectivity index (χ1) is 9.93. The molecule has 0 spiro atoms. The van der Waals surface area contributed by atoms with Gasteiger partial charge in [0.1, 0.15) is 0 Å². The average Bonchev–Trinajstić information content (AvgIpc) is 3.17. The third-order valence-corrected chi connectivity index (χ3v) is 3.77. The molecule has 0 aliphatic heterocycles. The number of halogens is 4. The predicted octanol–water partition coefficient (Wildman–Crippen LogP) is 4.43. The van der Waals surface area contributed by atoms with E-state index in [0.717, 1.165) is 29.2 Å². The van der Waals surface area contributed by atoms with Crippen molar-refractivity contribution in [2.24, 2.45) is 0 Å². The van der Waals surface area contributed by atoms with Crippen molar-refractivity contribution in [3.05, 3.63) is 40.5 Å². The van der Waals surface area contributed by atoms with Gasteiger partial charge in [-0.15, -0.1) is 0 Å². The maximum absolute atomic E-state index is 13.2. The summed E-state index contributed by atoms with van der Waals surface area (Å²) in [5.74, 6) is 0.627. The van der Waals surface area contributed by atoms with Gasteiger partial charge < -0.3 is 4.74 Å². The molecule has 0 N–H and O–H groups in total. The molecule has 3 nitrogen and oxygen atoms in total. The van der Waals surface area contributed by atoms with Crippen molar-refractivity contribution >= 4 is 11.6 Å². The first-order valence-corrected chi connectivity index (χ1v) is 6.79. The number of benzene rings is 1. The number of para-hydroxylation sites is 1. The van der Waals surface area contributed by atoms with Crippen LogP contribution in [0.4, 0.5) is 13.2 Å². The molecule has 1 aliphatic carbocycles. The Morgan fingerprint density at radius 3 is 2.62 bits per heavy atom. The standard InChI is InChI=1S/C14H12ClF3N2O/c1-21-13-9(8-5-6-8)7-19-20(13)12-10(14(16,17)18)3-2-4-11(12)15/h2-4,7-8H,5-6H2,1H3. The van der Waals surface area contributed by atoms with E-state index in [-0.39, 0.29) is 10.7 Å². The Balaban J connectivity index is 2.21. The summed E-state index contributed by atoms with van der Waals surface area (Å²) in [6, 6.07) is 3.66. The van der Waals surface area contributed by atoms with Crippen LogP contribution in [-0.2, 0) is 6.18 Å². The van der Waals surface area contributed by atoms with Gasteiger partial charge in [0, 0.05) is 5.56 Å². The van der Waals surface area contributed by atoms with Crippen molar-refractivity contribution in [3.8, 4) is 11.6 Å². The molecule has 1 heterocycles. The highest BCUT2D eigenvalue weighted by Gasteiger charge is 2.37. The van der Waals surface area contributed by atoms with Crippen LogP contribution in [-0.4, -0.2) is 16.9 Å². The Morgan fingerprint density at radius 2 is 2.05 bits per heavy atom. The highest BCUT2D eigenvalue weighted by Crippen LogP contribution is 2.46. The summed E-state index contributed by atoms with van der Waals surface area (Å²) in [6.07, 6.45) is -0.968. The molecule has 0 atom stereocenters. The van der Waals surface area contributed by atoms with E-state index in [0.29, 0.717) is 11.8 Å². The summed E-state index contributed by atoms with van der Waals surface area (Å²) in [6.45, 7) is 0. The van der Waals surface area contributed by atoms with Crippen LogP contribution in [0.5, 0.6) is 5.88 Å². The van der Waals surface area contributed by atoms with E-state index in [4.69, 9.17) is 16.3 Å². The van der Waals surface area contributed by atoms with Crippen LogP contribution in [0.2, 0.25) is 5.02 Å². The van der Waals surface area contributed by atoms with E-state index < -0.39 is 11.7 Å². The van der Waals surface area contributed by atoms with Gasteiger partial charge in [-0.05, 0) is 30.9 Å². The molecular weight excluding hydrogens is 305 g/mol. The molecule has 1 aliphatic rings. The quantitative estimate of drug-likeness (QED) is 0.837. The lowest BCUT2D eigenvalue weighted by atomic mass is 10.1. The second-order valence-corrected chi connectivity index (χ2v) is 5.34. The smallest absolute Gasteiger partial charge is 0.418 e. The molecule has 2 aromatic rings. The molecule has 0 unspecified atom stereocenters. The van der Waals surface area contributed by atoms with Crippen molar-refractivity contribution in [1.82, 2.24) is 9.78 Å². The Hall–Kier alpha value is -1.69. The number of rotatable bonds is 3. The highest BCUT2D eigenvalue weighted by atomic mass is 35.5. The van der Waals surface area contributed by atoms with Crippen LogP contribution in [0.25, 0.3) is 5.69 Å². The van der Waals surface area contributed by atoms with Gasteiger partial charge in [-0.3, -0.25) is 0 Å². The van der Waals surface area contributed by atoms with Crippen LogP contribution >= 0.6 is 11.6 Å². The normalized spacial score (nSPS) is 15.3. The first kappa shape index (κ1) is 14.3. The van der Waals surface area contributed by atoms with Crippen LogP contribution in [0.1, 0.15) is 29.9 Å². The summed E-state index contributed by atoms with van der Waals surface area (Å²) in [4.78, 5) is 0. The molecule has 7 heteroatoms. The molecule has 0 radical (unpaired) electrons. The van der Waals surface area contributed by atoms with Crippen molar-refractivity contribution < 1.29 is 17.9 Å². The van der Waals surface area contributed by atoms with Gasteiger partial charge in [0.15, 0.2) is 0 Å². The minimum Gasteiger partial charge on any atom is -0.481 e. The maximum atomic E-state index is 13.2. The zero-order valence-electron chi connectivity index (χ0n) is 11.1. The third kappa shape index (κ3) is 2.48. The van der Waals surface area contributed by atoms with Crippen molar-refractivity contribution in [2.75, 3.05) is 7.11 Å². The molecule has 1 saturated carbocycles. The lowest BCUT2D eigenvalue weighted by molar-refractivity contribution is -0.137. The Kier molecular flexibility index (Phi) is 3.36. The van der Waals surface area contributed by atoms with E-state index in [1.165, 1.54) is 19.2 Å². The fourth-order valence-electron chi connectivity index (χ4n) is 2.35. The van der Waals surface area contributed by atoms with Gasteiger partial charge in [0.2, 0.25) is 5.88 Å². The summed E-state index contributed by atoms with van der Waals surface area (Å²) < 4.78 is 46.0. The van der Waals surface area contributed by atoms with Gasteiger partial charge in [-0.25, -0.2) is 0 Å². The number of aromatic nitrogens is 2. The van der Waals surface area contributed by atoms with Gasteiger partial charge in [-0.1, -0.05) is 17.7 Å². The largest absolute Gasteiger partial charge is 0.481 e. The van der Waals surface area contributed by atoms with Gasteiger partial charge in [0.25, 0.3) is 0 Å². The molecule has 0 saturated heterocycles. The lowest BCUT2D eigenvalue weighted by Crippen LogP contribution is -2.13. The maximum Gasteiger partial charge on any atom is 0.418 e. The monoisotopic (exact) mass is 316 g/mol. The molecular formula is C14H12ClF3N2O. The summed E-state index contributed by atoms with van der Waals surface area (Å²) >= 11 is 5.99. The number of alkyl halides is 3. The van der Waals surface area contributed by atoms with Crippen molar-refractivity contribution in [1.29, 1.82) is 0 Å². The highest BCUT2D eigenvalue weighted by molar-refractivity contribution is 6.32. The van der Waals surface area contributed by atoms with Crippen LogP contribution < -0.4 is 4.74 Å². The predicted molar refractivity (Wildman–Crippen MR) is 72.1 cm³/mol. The van der Waals surface area contributed by atoms with Crippen molar-refractivity contribution in [2.45, 2.75) is 24.9 Å². The fourth-order valence-corrected chi connectivity index (χ4v) is 2.60. The molecule has 0 bridgehead atoms. The molecule has 1 aromatic heterocycles. The summed E-state index contributed by atoms with van der Waals surface area (Å²) in [5, 5.41) is 4.04. The van der Waals surface area contributed by atoms with Gasteiger partial charge in [0.05, 0.1) is 29.6 Å². The summed E-state index contributed by atoms with van der Waals surface area (Å²) in [5.41, 5.74) is -0.209. The minimum atomic E-state index is -4.52. The molecule has 112 valence electrons. The van der Waals surface area contributed by atoms with E-state index in [1.807, 2.05) is 0 Å². The number of methoxy groups -OCH3 is 1. The SMILES string of the molecule is COc1c(C2CC2)cnn1-c1c(Cl)cccc1C(F)(F)F. The average molecular weight is 317 g/mol. The first-order valence-electron chi connectivity index (χ1n) is 6.41. The number of ether oxygens (including phenoxy) is 1. The summed E-state index contributed by atoms with van der Waals surface area (Å²) in [7, 11) is 1.42. The van der Waals surface area contributed by atoms with E-state index in [1.54, 1.807) is 6.20 Å². The number of hydrogen-bond donors (Lipinski definition) is 0. The topological polar surface area (TPSA) is 27.1 Å². The molecule has 21 heavy (non-hydrogen) atoms. The zero-order chi connectivity index (χ0) is 15.2. The van der Waals surface area contributed by atoms with Gasteiger partial charge >= 0.3 is 6.18 Å². The Labute approximate surface area is 124 Å². The van der Waals surface area contributed by atoms with E-state index in [9.17, 15) is 13.2 Å². The van der Waals surface area contributed by atoms with Crippen LogP contribution in [0, 0.1) is 0 Å². The fraction of sp³-hybridized carbons (Fsp3) is 0.357. The van der Waals surface area contributed by atoms with E-state index in [2.05, 4.69) is 5.10 Å². The zero-order valence-corrected chi connectivity index (χ0v) is 11.9. The van der Waals surface area contributed by atoms with Crippen LogP contribution in [0.15, 0.2) is 24.4 Å². The van der Waals surface area contributed by atoms with Crippen molar-refractivity contribution in [3.63, 3.8) is 0 Å². The minimum absolute atomic E-state index is 0.0198. The third-order valence-electron chi connectivity index (χ3n) is 3.47. The number of hydrogen-bond acceptors (Lipinski definition) is 2. The van der Waals surface area contributed by atoms with Gasteiger partial charge in [-0.2, -0.15) is 23.0 Å². The second-order valence-electron chi connectivity index (χ2n) is 4.93. The number of nitrogens with zero attached hydrogens (tertiary/aromatic N) is 2. The Morgan fingerprint density at radius 1 is 1.33 bits per heavy atom. The van der Waals surface area contributed by atoms with Crippen LogP contribution in [0.3, 0.4) is 0 Å². The Bertz CT molecular complexity index is 677. The van der Waals surface area contributed by atoms with E-state index >= 15 is 0 Å².